The van der Waals surface area contributed by atoms with Crippen molar-refractivity contribution in [3.8, 4) is 0 Å². The lowest BCUT2D eigenvalue weighted by atomic mass is 10.2. The lowest BCUT2D eigenvalue weighted by molar-refractivity contribution is -0.119. The Morgan fingerprint density at radius 2 is 2.00 bits per heavy atom. The Kier molecular flexibility index (Phi) is 4.70. The summed E-state index contributed by atoms with van der Waals surface area (Å²) in [6.07, 6.45) is 2.19. The van der Waals surface area contributed by atoms with E-state index in [-0.39, 0.29) is 23.8 Å². The normalized spacial score (nSPS) is 21.2. The summed E-state index contributed by atoms with van der Waals surface area (Å²) < 4.78 is 5.52. The number of carbonyl (C=O) groups excluding carboxylic acids is 2. The fourth-order valence-electron chi connectivity index (χ4n) is 2.43. The van der Waals surface area contributed by atoms with E-state index < -0.39 is 0 Å². The Morgan fingerprint density at radius 1 is 1.23 bits per heavy atom. The van der Waals surface area contributed by atoms with Crippen molar-refractivity contribution in [3.05, 3.63) is 24.3 Å². The van der Waals surface area contributed by atoms with E-state index >= 15 is 0 Å². The number of ether oxygens (including phenoxy) is 1. The third kappa shape index (κ3) is 4.29. The molecule has 6 nitrogen and oxygen atoms in total. The summed E-state index contributed by atoms with van der Waals surface area (Å²) in [4.78, 5) is 23.8. The largest absolute Gasteiger partial charge is 0.375 e. The zero-order valence-electron chi connectivity index (χ0n) is 12.4. The summed E-state index contributed by atoms with van der Waals surface area (Å²) in [5.41, 5.74) is 1.40. The van der Waals surface area contributed by atoms with Crippen molar-refractivity contribution >= 4 is 23.2 Å². The van der Waals surface area contributed by atoms with E-state index in [1.807, 2.05) is 18.2 Å². The van der Waals surface area contributed by atoms with Crippen LogP contribution in [0.1, 0.15) is 19.3 Å². The number of rotatable bonds is 5. The molecule has 1 aliphatic heterocycles. The topological polar surface area (TPSA) is 79.5 Å². The van der Waals surface area contributed by atoms with Gasteiger partial charge in [0.15, 0.2) is 0 Å². The van der Waals surface area contributed by atoms with Gasteiger partial charge in [0.25, 0.3) is 0 Å². The molecule has 118 valence electrons. The predicted molar refractivity (Wildman–Crippen MR) is 83.7 cm³/mol. The number of anilines is 2. The third-order valence-electron chi connectivity index (χ3n) is 3.78. The lowest BCUT2D eigenvalue weighted by Gasteiger charge is -2.23. The van der Waals surface area contributed by atoms with Gasteiger partial charge in [-0.3, -0.25) is 9.59 Å². The minimum absolute atomic E-state index is 0.0603. The Morgan fingerprint density at radius 3 is 2.68 bits per heavy atom. The van der Waals surface area contributed by atoms with E-state index in [9.17, 15) is 9.59 Å². The van der Waals surface area contributed by atoms with Crippen LogP contribution in [0.3, 0.4) is 0 Å². The van der Waals surface area contributed by atoms with Crippen LogP contribution in [-0.4, -0.2) is 37.6 Å². The van der Waals surface area contributed by atoms with Gasteiger partial charge in [0.2, 0.25) is 11.8 Å². The van der Waals surface area contributed by atoms with Gasteiger partial charge in [-0.15, -0.1) is 0 Å². The molecular weight excluding hydrogens is 282 g/mol. The molecule has 2 fully saturated rings. The van der Waals surface area contributed by atoms with Crippen LogP contribution in [0.15, 0.2) is 24.3 Å². The molecule has 1 aromatic rings. The third-order valence-corrected chi connectivity index (χ3v) is 3.78. The second-order valence-corrected chi connectivity index (χ2v) is 5.79. The maximum absolute atomic E-state index is 12.0. The van der Waals surface area contributed by atoms with Crippen LogP contribution >= 0.6 is 0 Å². The Balaban J connectivity index is 1.52. The van der Waals surface area contributed by atoms with Crippen LogP contribution in [-0.2, 0) is 14.3 Å². The number of nitrogens with one attached hydrogen (secondary N) is 3. The summed E-state index contributed by atoms with van der Waals surface area (Å²) in [5.74, 6) is 0.138. The van der Waals surface area contributed by atoms with Crippen LogP contribution in [0.2, 0.25) is 0 Å². The van der Waals surface area contributed by atoms with E-state index in [4.69, 9.17) is 4.74 Å². The predicted octanol–water partition coefficient (Wildman–Crippen LogP) is 1.35. The molecule has 1 saturated carbocycles. The second kappa shape index (κ2) is 6.89. The fourth-order valence-corrected chi connectivity index (χ4v) is 2.43. The molecule has 1 atom stereocenters. The average Bonchev–Trinajstić information content (AvgIpc) is 3.33. The molecule has 0 aromatic heterocycles. The van der Waals surface area contributed by atoms with Crippen LogP contribution in [0.25, 0.3) is 0 Å². The van der Waals surface area contributed by atoms with Crippen molar-refractivity contribution in [1.82, 2.24) is 5.32 Å². The first-order chi connectivity index (χ1) is 10.7. The molecule has 1 aliphatic carbocycles. The Hall–Kier alpha value is -1.92. The van der Waals surface area contributed by atoms with Crippen molar-refractivity contribution < 1.29 is 14.3 Å². The molecule has 0 radical (unpaired) electrons. The van der Waals surface area contributed by atoms with Crippen molar-refractivity contribution in [1.29, 1.82) is 0 Å². The van der Waals surface area contributed by atoms with Gasteiger partial charge in [0.05, 0.1) is 19.1 Å². The molecule has 1 unspecified atom stereocenters. The maximum Gasteiger partial charge on any atom is 0.227 e. The van der Waals surface area contributed by atoms with Crippen molar-refractivity contribution in [3.63, 3.8) is 0 Å². The van der Waals surface area contributed by atoms with Gasteiger partial charge in [-0.25, -0.2) is 0 Å². The highest BCUT2D eigenvalue weighted by Crippen LogP contribution is 2.30. The molecule has 3 rings (SSSR count). The zero-order chi connectivity index (χ0) is 15.4. The smallest absolute Gasteiger partial charge is 0.227 e. The minimum Gasteiger partial charge on any atom is -0.375 e. The van der Waals surface area contributed by atoms with Crippen molar-refractivity contribution in [2.24, 2.45) is 5.92 Å². The summed E-state index contributed by atoms with van der Waals surface area (Å²) >= 11 is 0. The van der Waals surface area contributed by atoms with E-state index in [1.54, 1.807) is 6.07 Å². The van der Waals surface area contributed by atoms with Crippen LogP contribution in [0, 0.1) is 5.92 Å². The Labute approximate surface area is 129 Å². The zero-order valence-corrected chi connectivity index (χ0v) is 12.4. The van der Waals surface area contributed by atoms with E-state index in [0.717, 1.165) is 19.4 Å². The van der Waals surface area contributed by atoms with Gasteiger partial charge >= 0.3 is 0 Å². The first kappa shape index (κ1) is 15.0. The Bertz CT molecular complexity index is 551. The van der Waals surface area contributed by atoms with Crippen molar-refractivity contribution in [2.45, 2.75) is 25.4 Å². The highest BCUT2D eigenvalue weighted by molar-refractivity contribution is 5.96. The monoisotopic (exact) mass is 303 g/mol. The van der Waals surface area contributed by atoms with Crippen molar-refractivity contribution in [2.75, 3.05) is 30.3 Å². The maximum atomic E-state index is 12.0. The average molecular weight is 303 g/mol. The van der Waals surface area contributed by atoms with Gasteiger partial charge in [-0.05, 0) is 31.0 Å². The molecule has 1 aromatic carbocycles. The van der Waals surface area contributed by atoms with Crippen LogP contribution in [0.5, 0.6) is 0 Å². The van der Waals surface area contributed by atoms with E-state index in [2.05, 4.69) is 16.0 Å². The van der Waals surface area contributed by atoms with Gasteiger partial charge in [0, 0.05) is 30.4 Å². The quantitative estimate of drug-likeness (QED) is 0.767. The van der Waals surface area contributed by atoms with E-state index in [0.29, 0.717) is 30.9 Å². The van der Waals surface area contributed by atoms with E-state index in [1.165, 1.54) is 0 Å². The molecule has 1 saturated heterocycles. The molecular formula is C16H21N3O3. The number of carbonyl (C=O) groups is 2. The highest BCUT2D eigenvalue weighted by Gasteiger charge is 2.29. The summed E-state index contributed by atoms with van der Waals surface area (Å²) in [6.45, 7) is 2.17. The van der Waals surface area contributed by atoms with Gasteiger partial charge in [-0.1, -0.05) is 6.07 Å². The van der Waals surface area contributed by atoms with Gasteiger partial charge < -0.3 is 20.7 Å². The second-order valence-electron chi connectivity index (χ2n) is 5.79. The molecule has 3 N–H and O–H groups in total. The summed E-state index contributed by atoms with van der Waals surface area (Å²) in [7, 11) is 0. The van der Waals surface area contributed by atoms with Crippen LogP contribution in [0.4, 0.5) is 11.4 Å². The number of morpholine rings is 1. The van der Waals surface area contributed by atoms with Gasteiger partial charge in [0.1, 0.15) is 0 Å². The van der Waals surface area contributed by atoms with Gasteiger partial charge in [-0.2, -0.15) is 0 Å². The number of amides is 2. The highest BCUT2D eigenvalue weighted by atomic mass is 16.5. The number of hydrogen-bond acceptors (Lipinski definition) is 4. The molecule has 22 heavy (non-hydrogen) atoms. The number of benzene rings is 1. The molecule has 0 spiro atoms. The SMILES string of the molecule is O=C(CC1CNCCO1)Nc1cccc(NC(=O)C2CC2)c1. The number of hydrogen-bond donors (Lipinski definition) is 3. The minimum atomic E-state index is -0.0839. The summed E-state index contributed by atoms with van der Waals surface area (Å²) in [5, 5.41) is 8.92. The summed E-state index contributed by atoms with van der Waals surface area (Å²) in [6, 6.07) is 7.23. The first-order valence-corrected chi connectivity index (χ1v) is 7.74. The van der Waals surface area contributed by atoms with Crippen LogP contribution < -0.4 is 16.0 Å². The molecule has 1 heterocycles. The molecule has 6 heteroatoms. The fraction of sp³-hybridized carbons (Fsp3) is 0.500. The molecule has 2 amide bonds. The lowest BCUT2D eigenvalue weighted by Crippen LogP contribution is -2.40. The standard InChI is InChI=1S/C16H21N3O3/c20-15(9-14-10-17-6-7-22-14)18-12-2-1-3-13(8-12)19-16(21)11-4-5-11/h1-3,8,11,14,17H,4-7,9-10H2,(H,18,20)(H,19,21). The molecule has 2 aliphatic rings. The molecule has 0 bridgehead atoms. The first-order valence-electron chi connectivity index (χ1n) is 7.74.